The van der Waals surface area contributed by atoms with E-state index in [-0.39, 0.29) is 11.5 Å². The number of aliphatic hydroxyl groups excluding tert-OH is 2. The van der Waals surface area contributed by atoms with E-state index in [0.29, 0.717) is 24.4 Å². The zero-order chi connectivity index (χ0) is 20.1. The lowest BCUT2D eigenvalue weighted by atomic mass is 9.55. The van der Waals surface area contributed by atoms with Crippen LogP contribution in [0.15, 0.2) is 0 Å². The van der Waals surface area contributed by atoms with Crippen LogP contribution >= 0.6 is 0 Å². The van der Waals surface area contributed by atoms with Crippen molar-refractivity contribution in [2.24, 2.45) is 29.1 Å². The van der Waals surface area contributed by atoms with Crippen LogP contribution in [-0.4, -0.2) is 33.6 Å². The molecule has 2 saturated carbocycles. The third kappa shape index (κ3) is 5.93. The highest BCUT2D eigenvalue weighted by atomic mass is 16.3. The first-order valence-electron chi connectivity index (χ1n) is 11.7. The fourth-order valence-corrected chi connectivity index (χ4v) is 6.62. The van der Waals surface area contributed by atoms with Crippen molar-refractivity contribution in [3.8, 4) is 0 Å². The molecule has 2 aliphatic rings. The SMILES string of the molecule is C[C@H](CCCO)[C@H]1CC[C@H]2[C@@H](O)CC[C@@H](CCCCCCC(C)(C)O)[C@]12C. The summed E-state index contributed by atoms with van der Waals surface area (Å²) in [7, 11) is 0. The van der Waals surface area contributed by atoms with E-state index < -0.39 is 5.60 Å². The Morgan fingerprint density at radius 2 is 1.70 bits per heavy atom. The van der Waals surface area contributed by atoms with Gasteiger partial charge in [-0.1, -0.05) is 39.5 Å². The molecule has 0 aromatic rings. The van der Waals surface area contributed by atoms with Crippen molar-refractivity contribution < 1.29 is 15.3 Å². The van der Waals surface area contributed by atoms with E-state index in [4.69, 9.17) is 0 Å². The highest BCUT2D eigenvalue weighted by Crippen LogP contribution is 2.61. The number of rotatable bonds is 11. The van der Waals surface area contributed by atoms with E-state index in [1.165, 1.54) is 44.9 Å². The fourth-order valence-electron chi connectivity index (χ4n) is 6.62. The first-order valence-corrected chi connectivity index (χ1v) is 11.7. The molecule has 3 N–H and O–H groups in total. The van der Waals surface area contributed by atoms with Crippen molar-refractivity contribution in [3.63, 3.8) is 0 Å². The third-order valence-electron chi connectivity index (χ3n) is 8.14. The van der Waals surface area contributed by atoms with E-state index in [1.807, 2.05) is 13.8 Å². The molecule has 2 aliphatic carbocycles. The van der Waals surface area contributed by atoms with Crippen molar-refractivity contribution in [1.29, 1.82) is 0 Å². The van der Waals surface area contributed by atoms with Crippen LogP contribution in [0.1, 0.15) is 105 Å². The molecule has 0 amide bonds. The number of aliphatic hydroxyl groups is 3. The van der Waals surface area contributed by atoms with Gasteiger partial charge >= 0.3 is 0 Å². The van der Waals surface area contributed by atoms with Gasteiger partial charge in [-0.05, 0) is 94.3 Å². The second-order valence-electron chi connectivity index (χ2n) is 10.6. The topological polar surface area (TPSA) is 60.7 Å². The Hall–Kier alpha value is -0.120. The van der Waals surface area contributed by atoms with Gasteiger partial charge in [-0.2, -0.15) is 0 Å². The van der Waals surface area contributed by atoms with Gasteiger partial charge in [0.05, 0.1) is 11.7 Å². The van der Waals surface area contributed by atoms with Gasteiger partial charge in [0.1, 0.15) is 0 Å². The molecule has 0 radical (unpaired) electrons. The highest BCUT2D eigenvalue weighted by molar-refractivity contribution is 5.05. The maximum atomic E-state index is 10.7. The van der Waals surface area contributed by atoms with Crippen LogP contribution in [0, 0.1) is 29.1 Å². The summed E-state index contributed by atoms with van der Waals surface area (Å²) in [6.45, 7) is 8.97. The lowest BCUT2D eigenvalue weighted by Gasteiger charge is -2.51. The minimum Gasteiger partial charge on any atom is -0.396 e. The van der Waals surface area contributed by atoms with Gasteiger partial charge in [-0.3, -0.25) is 0 Å². The lowest BCUT2D eigenvalue weighted by molar-refractivity contribution is -0.0729. The van der Waals surface area contributed by atoms with Crippen LogP contribution in [0.2, 0.25) is 0 Å². The quantitative estimate of drug-likeness (QED) is 0.424. The van der Waals surface area contributed by atoms with Gasteiger partial charge in [0.25, 0.3) is 0 Å². The van der Waals surface area contributed by atoms with Gasteiger partial charge in [-0.25, -0.2) is 0 Å². The summed E-state index contributed by atoms with van der Waals surface area (Å²) in [4.78, 5) is 0. The maximum Gasteiger partial charge on any atom is 0.0591 e. The monoisotopic (exact) mass is 382 g/mol. The smallest absolute Gasteiger partial charge is 0.0591 e. The molecule has 6 atom stereocenters. The summed E-state index contributed by atoms with van der Waals surface area (Å²) < 4.78 is 0. The van der Waals surface area contributed by atoms with E-state index in [2.05, 4.69) is 13.8 Å². The van der Waals surface area contributed by atoms with Crippen LogP contribution < -0.4 is 0 Å². The number of fused-ring (bicyclic) bond motifs is 1. The molecule has 0 bridgehead atoms. The van der Waals surface area contributed by atoms with Crippen molar-refractivity contribution in [2.75, 3.05) is 6.61 Å². The number of hydrogen-bond acceptors (Lipinski definition) is 3. The fraction of sp³-hybridized carbons (Fsp3) is 1.00. The van der Waals surface area contributed by atoms with Crippen LogP contribution in [0.5, 0.6) is 0 Å². The van der Waals surface area contributed by atoms with Gasteiger partial charge in [0.15, 0.2) is 0 Å². The summed E-state index contributed by atoms with van der Waals surface area (Å²) in [5, 5.41) is 29.8. The van der Waals surface area contributed by atoms with Crippen LogP contribution in [0.4, 0.5) is 0 Å². The predicted molar refractivity (Wildman–Crippen MR) is 113 cm³/mol. The standard InChI is InChI=1S/C24H46O3/c1-18(10-9-17-25)20-13-14-21-22(26)15-12-19(24(20,21)4)11-7-5-6-8-16-23(2,3)27/h18-22,25-27H,5-17H2,1-4H3/t18-,19-,20-,21+,22+,24-/m1/s1. The highest BCUT2D eigenvalue weighted by Gasteiger charge is 2.56. The van der Waals surface area contributed by atoms with Gasteiger partial charge < -0.3 is 15.3 Å². The van der Waals surface area contributed by atoms with E-state index >= 15 is 0 Å². The zero-order valence-corrected chi connectivity index (χ0v) is 18.4. The summed E-state index contributed by atoms with van der Waals surface area (Å²) in [6.07, 6.45) is 13.6. The molecule has 3 heteroatoms. The molecule has 0 aliphatic heterocycles. The van der Waals surface area contributed by atoms with E-state index in [0.717, 1.165) is 38.0 Å². The predicted octanol–water partition coefficient (Wildman–Crippen LogP) is 5.31. The van der Waals surface area contributed by atoms with E-state index in [1.54, 1.807) is 0 Å². The van der Waals surface area contributed by atoms with E-state index in [9.17, 15) is 15.3 Å². The molecule has 160 valence electrons. The van der Waals surface area contributed by atoms with Crippen LogP contribution in [0.3, 0.4) is 0 Å². The third-order valence-corrected chi connectivity index (χ3v) is 8.14. The molecule has 0 spiro atoms. The second-order valence-corrected chi connectivity index (χ2v) is 10.6. The number of unbranched alkanes of at least 4 members (excludes halogenated alkanes) is 3. The average Bonchev–Trinajstić information content (AvgIpc) is 2.95. The molecule has 0 saturated heterocycles. The molecule has 0 aromatic heterocycles. The second kappa shape index (κ2) is 10.1. The Bertz CT molecular complexity index is 430. The van der Waals surface area contributed by atoms with Gasteiger partial charge in [-0.15, -0.1) is 0 Å². The minimum atomic E-state index is -0.526. The first-order chi connectivity index (χ1) is 12.7. The Labute approximate surface area is 168 Å². The summed E-state index contributed by atoms with van der Waals surface area (Å²) in [5.41, 5.74) is -0.248. The molecule has 0 unspecified atom stereocenters. The number of hydrogen-bond donors (Lipinski definition) is 3. The van der Waals surface area contributed by atoms with Crippen molar-refractivity contribution in [1.82, 2.24) is 0 Å². The van der Waals surface area contributed by atoms with Crippen molar-refractivity contribution in [2.45, 2.75) is 116 Å². The van der Waals surface area contributed by atoms with Gasteiger partial charge in [0, 0.05) is 6.61 Å². The minimum absolute atomic E-state index is 0.104. The van der Waals surface area contributed by atoms with Crippen molar-refractivity contribution in [3.05, 3.63) is 0 Å². The molecule has 27 heavy (non-hydrogen) atoms. The molecule has 0 aromatic carbocycles. The zero-order valence-electron chi connectivity index (χ0n) is 18.4. The molecule has 0 heterocycles. The normalized spacial score (nSPS) is 35.2. The average molecular weight is 383 g/mol. The maximum absolute atomic E-state index is 10.7. The van der Waals surface area contributed by atoms with Crippen LogP contribution in [-0.2, 0) is 0 Å². The summed E-state index contributed by atoms with van der Waals surface area (Å²) in [5.74, 6) is 2.56. The van der Waals surface area contributed by atoms with Gasteiger partial charge in [0.2, 0.25) is 0 Å². The molecular weight excluding hydrogens is 336 g/mol. The molecule has 2 fully saturated rings. The van der Waals surface area contributed by atoms with Crippen molar-refractivity contribution >= 4 is 0 Å². The van der Waals surface area contributed by atoms with Crippen LogP contribution in [0.25, 0.3) is 0 Å². The first kappa shape index (κ1) is 23.2. The Morgan fingerprint density at radius 3 is 2.37 bits per heavy atom. The Morgan fingerprint density at radius 1 is 1.00 bits per heavy atom. The molecule has 2 rings (SSSR count). The summed E-state index contributed by atoms with van der Waals surface area (Å²) in [6, 6.07) is 0. The molecule has 3 nitrogen and oxygen atoms in total. The lowest BCUT2D eigenvalue weighted by Crippen LogP contribution is -2.47. The Balaban J connectivity index is 1.90. The molecular formula is C24H46O3. The Kier molecular flexibility index (Phi) is 8.64. The largest absolute Gasteiger partial charge is 0.396 e. The summed E-state index contributed by atoms with van der Waals surface area (Å²) >= 11 is 0.